The van der Waals surface area contributed by atoms with E-state index in [0.717, 1.165) is 19.4 Å². The number of rotatable bonds is 6. The van der Waals surface area contributed by atoms with E-state index in [9.17, 15) is 4.79 Å². The van der Waals surface area contributed by atoms with Crippen LogP contribution in [0.4, 0.5) is 0 Å². The smallest absolute Gasteiger partial charge is 0.303 e. The van der Waals surface area contributed by atoms with E-state index in [1.165, 1.54) is 6.92 Å². The van der Waals surface area contributed by atoms with Gasteiger partial charge in [-0.2, -0.15) is 0 Å². The van der Waals surface area contributed by atoms with Crippen LogP contribution in [0.15, 0.2) is 0 Å². The van der Waals surface area contributed by atoms with E-state index >= 15 is 0 Å². The summed E-state index contributed by atoms with van der Waals surface area (Å²) in [5.41, 5.74) is -0.500. The van der Waals surface area contributed by atoms with E-state index in [2.05, 4.69) is 6.92 Å². The Labute approximate surface area is 80.4 Å². The van der Waals surface area contributed by atoms with Crippen LogP contribution in [-0.4, -0.2) is 24.8 Å². The van der Waals surface area contributed by atoms with Gasteiger partial charge in [-0.1, -0.05) is 13.3 Å². The maximum atomic E-state index is 10.7. The molecule has 0 aliphatic rings. The summed E-state index contributed by atoms with van der Waals surface area (Å²) in [6.45, 7) is 8.42. The van der Waals surface area contributed by atoms with Crippen LogP contribution in [0.25, 0.3) is 0 Å². The second kappa shape index (κ2) is 5.97. The van der Waals surface area contributed by atoms with Crippen LogP contribution in [0, 0.1) is 0 Å². The molecular weight excluding hydrogens is 168 g/mol. The molecule has 0 amide bonds. The number of hydrogen-bond acceptors (Lipinski definition) is 3. The molecule has 0 fully saturated rings. The highest BCUT2D eigenvalue weighted by Gasteiger charge is 2.20. The molecule has 13 heavy (non-hydrogen) atoms. The summed E-state index contributed by atoms with van der Waals surface area (Å²) >= 11 is 0. The average Bonchev–Trinajstić information content (AvgIpc) is 1.95. The van der Waals surface area contributed by atoms with Crippen molar-refractivity contribution >= 4 is 5.97 Å². The Morgan fingerprint density at radius 2 is 2.00 bits per heavy atom. The average molecular weight is 188 g/mol. The summed E-state index contributed by atoms with van der Waals surface area (Å²) in [6, 6.07) is 0. The third-order valence-electron chi connectivity index (χ3n) is 1.51. The SMILES string of the molecule is CCCCOCC(C)(C)OC(C)=O. The molecule has 0 aliphatic carbocycles. The van der Waals surface area contributed by atoms with Gasteiger partial charge in [-0.25, -0.2) is 0 Å². The predicted molar refractivity (Wildman–Crippen MR) is 51.6 cm³/mol. The molecule has 78 valence electrons. The minimum atomic E-state index is -0.500. The molecule has 0 aromatic heterocycles. The highest BCUT2D eigenvalue weighted by molar-refractivity contribution is 5.66. The quantitative estimate of drug-likeness (QED) is 0.473. The van der Waals surface area contributed by atoms with Crippen LogP contribution < -0.4 is 0 Å². The van der Waals surface area contributed by atoms with Crippen LogP contribution in [0.5, 0.6) is 0 Å². The fourth-order valence-corrected chi connectivity index (χ4v) is 0.983. The molecule has 0 N–H and O–H groups in total. The topological polar surface area (TPSA) is 35.5 Å². The molecule has 0 spiro atoms. The Morgan fingerprint density at radius 1 is 1.38 bits per heavy atom. The number of ether oxygens (including phenoxy) is 2. The minimum absolute atomic E-state index is 0.260. The summed E-state index contributed by atoms with van der Waals surface area (Å²) in [7, 11) is 0. The summed E-state index contributed by atoms with van der Waals surface area (Å²) < 4.78 is 10.4. The van der Waals surface area contributed by atoms with Crippen LogP contribution in [0.2, 0.25) is 0 Å². The van der Waals surface area contributed by atoms with E-state index in [-0.39, 0.29) is 5.97 Å². The van der Waals surface area contributed by atoms with Gasteiger partial charge in [-0.3, -0.25) is 4.79 Å². The second-order valence-electron chi connectivity index (χ2n) is 3.76. The van der Waals surface area contributed by atoms with Gasteiger partial charge in [0.05, 0.1) is 6.61 Å². The van der Waals surface area contributed by atoms with Gasteiger partial charge in [0, 0.05) is 13.5 Å². The van der Waals surface area contributed by atoms with Crippen molar-refractivity contribution in [2.75, 3.05) is 13.2 Å². The maximum absolute atomic E-state index is 10.7. The highest BCUT2D eigenvalue weighted by Crippen LogP contribution is 2.09. The third kappa shape index (κ3) is 7.78. The number of esters is 1. The zero-order valence-electron chi connectivity index (χ0n) is 9.05. The van der Waals surface area contributed by atoms with E-state index in [1.807, 2.05) is 13.8 Å². The number of unbranched alkanes of at least 4 members (excludes halogenated alkanes) is 1. The Morgan fingerprint density at radius 3 is 2.46 bits per heavy atom. The van der Waals surface area contributed by atoms with Gasteiger partial charge in [-0.15, -0.1) is 0 Å². The summed E-state index contributed by atoms with van der Waals surface area (Å²) in [4.78, 5) is 10.7. The van der Waals surface area contributed by atoms with Gasteiger partial charge in [0.15, 0.2) is 0 Å². The second-order valence-corrected chi connectivity index (χ2v) is 3.76. The van der Waals surface area contributed by atoms with Crippen molar-refractivity contribution < 1.29 is 14.3 Å². The lowest BCUT2D eigenvalue weighted by Crippen LogP contribution is -2.32. The summed E-state index contributed by atoms with van der Waals surface area (Å²) in [6.07, 6.45) is 2.17. The summed E-state index contributed by atoms with van der Waals surface area (Å²) in [5.74, 6) is -0.260. The van der Waals surface area contributed by atoms with E-state index in [4.69, 9.17) is 9.47 Å². The fourth-order valence-electron chi connectivity index (χ4n) is 0.983. The minimum Gasteiger partial charge on any atom is -0.457 e. The normalized spacial score (nSPS) is 11.4. The third-order valence-corrected chi connectivity index (χ3v) is 1.51. The van der Waals surface area contributed by atoms with Gasteiger partial charge in [0.1, 0.15) is 5.60 Å². The molecule has 3 nitrogen and oxygen atoms in total. The molecule has 0 atom stereocenters. The maximum Gasteiger partial charge on any atom is 0.303 e. The van der Waals surface area contributed by atoms with Crippen molar-refractivity contribution in [1.82, 2.24) is 0 Å². The highest BCUT2D eigenvalue weighted by atomic mass is 16.6. The zero-order valence-corrected chi connectivity index (χ0v) is 9.05. The van der Waals surface area contributed by atoms with Gasteiger partial charge >= 0.3 is 5.97 Å². The van der Waals surface area contributed by atoms with Crippen molar-refractivity contribution in [3.8, 4) is 0 Å². The molecule has 0 heterocycles. The molecule has 0 aromatic carbocycles. The Hall–Kier alpha value is -0.570. The lowest BCUT2D eigenvalue weighted by atomic mass is 10.1. The number of carbonyl (C=O) groups is 1. The molecule has 0 saturated heterocycles. The lowest BCUT2D eigenvalue weighted by Gasteiger charge is -2.23. The van der Waals surface area contributed by atoms with Gasteiger partial charge in [0.25, 0.3) is 0 Å². The van der Waals surface area contributed by atoms with Crippen molar-refractivity contribution in [1.29, 1.82) is 0 Å². The van der Waals surface area contributed by atoms with Gasteiger partial charge < -0.3 is 9.47 Å². The molecular formula is C10H20O3. The first-order valence-corrected chi connectivity index (χ1v) is 4.75. The van der Waals surface area contributed by atoms with Gasteiger partial charge in [0.2, 0.25) is 0 Å². The Kier molecular flexibility index (Phi) is 5.71. The van der Waals surface area contributed by atoms with E-state index in [1.54, 1.807) is 0 Å². The number of hydrogen-bond donors (Lipinski definition) is 0. The molecule has 0 unspecified atom stereocenters. The lowest BCUT2D eigenvalue weighted by molar-refractivity contribution is -0.159. The monoisotopic (exact) mass is 188 g/mol. The van der Waals surface area contributed by atoms with Crippen LogP contribution in [0.3, 0.4) is 0 Å². The Bertz CT molecular complexity index is 152. The van der Waals surface area contributed by atoms with E-state index < -0.39 is 5.60 Å². The molecule has 0 bridgehead atoms. The van der Waals surface area contributed by atoms with Crippen LogP contribution in [0.1, 0.15) is 40.5 Å². The molecule has 0 saturated carbocycles. The molecule has 0 aromatic rings. The van der Waals surface area contributed by atoms with Crippen molar-refractivity contribution in [2.24, 2.45) is 0 Å². The van der Waals surface area contributed by atoms with Crippen molar-refractivity contribution in [3.05, 3.63) is 0 Å². The first-order valence-electron chi connectivity index (χ1n) is 4.75. The fraction of sp³-hybridized carbons (Fsp3) is 0.900. The first-order chi connectivity index (χ1) is 5.98. The molecule has 0 radical (unpaired) electrons. The van der Waals surface area contributed by atoms with Crippen LogP contribution >= 0.6 is 0 Å². The zero-order chi connectivity index (χ0) is 10.3. The standard InChI is InChI=1S/C10H20O3/c1-5-6-7-12-8-10(3,4)13-9(2)11/h5-8H2,1-4H3. The largest absolute Gasteiger partial charge is 0.457 e. The molecule has 3 heteroatoms. The molecule has 0 aliphatic heterocycles. The van der Waals surface area contributed by atoms with E-state index in [0.29, 0.717) is 6.61 Å². The van der Waals surface area contributed by atoms with Crippen LogP contribution in [-0.2, 0) is 14.3 Å². The van der Waals surface area contributed by atoms with Crippen molar-refractivity contribution in [3.63, 3.8) is 0 Å². The number of carbonyl (C=O) groups excluding carboxylic acids is 1. The van der Waals surface area contributed by atoms with Gasteiger partial charge in [-0.05, 0) is 20.3 Å². The molecule has 0 rings (SSSR count). The Balaban J connectivity index is 3.56. The summed E-state index contributed by atoms with van der Waals surface area (Å²) in [5, 5.41) is 0. The first kappa shape index (κ1) is 12.4. The predicted octanol–water partition coefficient (Wildman–Crippen LogP) is 2.14. The van der Waals surface area contributed by atoms with Crippen molar-refractivity contribution in [2.45, 2.75) is 46.1 Å².